The fourth-order valence-electron chi connectivity index (χ4n) is 2.21. The summed E-state index contributed by atoms with van der Waals surface area (Å²) in [5.41, 5.74) is 4.28. The number of piperazine rings is 1. The van der Waals surface area contributed by atoms with Crippen molar-refractivity contribution in [1.82, 2.24) is 5.32 Å². The van der Waals surface area contributed by atoms with E-state index in [-0.39, 0.29) is 0 Å². The highest BCUT2D eigenvalue weighted by molar-refractivity contribution is 5.55. The minimum Gasteiger partial charge on any atom is -0.369 e. The summed E-state index contributed by atoms with van der Waals surface area (Å²) >= 11 is 0. The molecule has 0 bridgehead atoms. The first-order valence-corrected chi connectivity index (χ1v) is 5.86. The van der Waals surface area contributed by atoms with Crippen molar-refractivity contribution in [3.05, 3.63) is 29.3 Å². The molecule has 1 aliphatic rings. The van der Waals surface area contributed by atoms with E-state index in [2.05, 4.69) is 42.3 Å². The maximum absolute atomic E-state index is 3.39. The second kappa shape index (κ2) is 4.67. The Labute approximate surface area is 92.3 Å². The summed E-state index contributed by atoms with van der Waals surface area (Å²) < 4.78 is 0. The molecule has 82 valence electrons. The Balaban J connectivity index is 2.25. The maximum Gasteiger partial charge on any atom is 0.0399 e. The standard InChI is InChI=1S/C13H20N2/c1-3-12-10-11(2)4-5-13(12)15-8-6-14-7-9-15/h4-5,10,14H,3,6-9H2,1-2H3. The van der Waals surface area contributed by atoms with Crippen LogP contribution in [-0.2, 0) is 6.42 Å². The van der Waals surface area contributed by atoms with Crippen LogP contribution in [0.2, 0.25) is 0 Å². The number of nitrogens with zero attached hydrogens (tertiary/aromatic N) is 1. The molecule has 0 amide bonds. The molecule has 0 unspecified atom stereocenters. The molecule has 0 saturated carbocycles. The van der Waals surface area contributed by atoms with Gasteiger partial charge < -0.3 is 10.2 Å². The van der Waals surface area contributed by atoms with Gasteiger partial charge in [-0.2, -0.15) is 0 Å². The molecule has 1 aliphatic heterocycles. The van der Waals surface area contributed by atoms with E-state index < -0.39 is 0 Å². The lowest BCUT2D eigenvalue weighted by Gasteiger charge is -2.31. The quantitative estimate of drug-likeness (QED) is 0.792. The second-order valence-corrected chi connectivity index (χ2v) is 4.22. The number of nitrogens with one attached hydrogen (secondary N) is 1. The molecule has 15 heavy (non-hydrogen) atoms. The first-order chi connectivity index (χ1) is 7.31. The Morgan fingerprint density at radius 1 is 1.27 bits per heavy atom. The normalized spacial score (nSPS) is 16.8. The largest absolute Gasteiger partial charge is 0.369 e. The van der Waals surface area contributed by atoms with Gasteiger partial charge in [0.05, 0.1) is 0 Å². The monoisotopic (exact) mass is 204 g/mol. The van der Waals surface area contributed by atoms with Crippen LogP contribution in [0, 0.1) is 6.92 Å². The van der Waals surface area contributed by atoms with Gasteiger partial charge in [-0.3, -0.25) is 0 Å². The molecule has 1 aromatic carbocycles. The molecule has 0 atom stereocenters. The molecule has 1 N–H and O–H groups in total. The Bertz CT molecular complexity index is 327. The van der Waals surface area contributed by atoms with Gasteiger partial charge in [-0.05, 0) is 25.0 Å². The number of hydrogen-bond donors (Lipinski definition) is 1. The lowest BCUT2D eigenvalue weighted by molar-refractivity contribution is 0.588. The summed E-state index contributed by atoms with van der Waals surface area (Å²) in [5.74, 6) is 0. The van der Waals surface area contributed by atoms with Crippen LogP contribution in [0.3, 0.4) is 0 Å². The van der Waals surface area contributed by atoms with Gasteiger partial charge in [0.1, 0.15) is 0 Å². The van der Waals surface area contributed by atoms with Gasteiger partial charge in [-0.25, -0.2) is 0 Å². The molecule has 0 aromatic heterocycles. The summed E-state index contributed by atoms with van der Waals surface area (Å²) in [6.07, 6.45) is 1.13. The van der Waals surface area contributed by atoms with Gasteiger partial charge >= 0.3 is 0 Å². The number of aryl methyl sites for hydroxylation is 2. The van der Waals surface area contributed by atoms with Gasteiger partial charge in [-0.15, -0.1) is 0 Å². The van der Waals surface area contributed by atoms with Crippen LogP contribution in [0.4, 0.5) is 5.69 Å². The summed E-state index contributed by atoms with van der Waals surface area (Å²) in [6, 6.07) is 6.81. The third-order valence-corrected chi connectivity index (χ3v) is 3.07. The number of rotatable bonds is 2. The summed E-state index contributed by atoms with van der Waals surface area (Å²) in [6.45, 7) is 8.89. The van der Waals surface area contributed by atoms with Crippen molar-refractivity contribution in [1.29, 1.82) is 0 Å². The van der Waals surface area contributed by atoms with Crippen molar-refractivity contribution < 1.29 is 0 Å². The van der Waals surface area contributed by atoms with Crippen molar-refractivity contribution in [3.8, 4) is 0 Å². The van der Waals surface area contributed by atoms with Crippen LogP contribution in [-0.4, -0.2) is 26.2 Å². The van der Waals surface area contributed by atoms with Gasteiger partial charge in [0, 0.05) is 31.9 Å². The van der Waals surface area contributed by atoms with Crippen LogP contribution in [0.25, 0.3) is 0 Å². The van der Waals surface area contributed by atoms with E-state index in [1.54, 1.807) is 0 Å². The van der Waals surface area contributed by atoms with Gasteiger partial charge in [-0.1, -0.05) is 24.6 Å². The predicted octanol–water partition coefficient (Wildman–Crippen LogP) is 1.97. The van der Waals surface area contributed by atoms with Gasteiger partial charge in [0.2, 0.25) is 0 Å². The fourth-order valence-corrected chi connectivity index (χ4v) is 2.21. The molecule has 2 rings (SSSR count). The Morgan fingerprint density at radius 3 is 2.67 bits per heavy atom. The molecule has 1 aromatic rings. The minimum absolute atomic E-state index is 1.11. The van der Waals surface area contributed by atoms with Crippen LogP contribution in [0.1, 0.15) is 18.1 Å². The Hall–Kier alpha value is -1.02. The van der Waals surface area contributed by atoms with Crippen LogP contribution >= 0.6 is 0 Å². The van der Waals surface area contributed by atoms with Gasteiger partial charge in [0.25, 0.3) is 0 Å². The Kier molecular flexibility index (Phi) is 3.27. The zero-order chi connectivity index (χ0) is 10.7. The molecule has 1 heterocycles. The highest BCUT2D eigenvalue weighted by Gasteiger charge is 2.12. The molecule has 1 fully saturated rings. The van der Waals surface area contributed by atoms with E-state index in [1.807, 2.05) is 0 Å². The Morgan fingerprint density at radius 2 is 2.00 bits per heavy atom. The first-order valence-electron chi connectivity index (χ1n) is 5.86. The zero-order valence-electron chi connectivity index (χ0n) is 9.71. The van der Waals surface area contributed by atoms with Crippen molar-refractivity contribution in [3.63, 3.8) is 0 Å². The highest BCUT2D eigenvalue weighted by atomic mass is 15.2. The van der Waals surface area contributed by atoms with Crippen molar-refractivity contribution >= 4 is 5.69 Å². The average molecular weight is 204 g/mol. The topological polar surface area (TPSA) is 15.3 Å². The van der Waals surface area contributed by atoms with Crippen LogP contribution < -0.4 is 10.2 Å². The van der Waals surface area contributed by atoms with Crippen molar-refractivity contribution in [2.24, 2.45) is 0 Å². The molecule has 0 radical (unpaired) electrons. The highest BCUT2D eigenvalue weighted by Crippen LogP contribution is 2.22. The molecule has 2 nitrogen and oxygen atoms in total. The van der Waals surface area contributed by atoms with E-state index in [4.69, 9.17) is 0 Å². The predicted molar refractivity (Wildman–Crippen MR) is 65.6 cm³/mol. The lowest BCUT2D eigenvalue weighted by atomic mass is 10.1. The van der Waals surface area contributed by atoms with E-state index >= 15 is 0 Å². The molecular weight excluding hydrogens is 184 g/mol. The molecule has 0 spiro atoms. The van der Waals surface area contributed by atoms with E-state index in [1.165, 1.54) is 16.8 Å². The molecule has 2 heteroatoms. The molecule has 0 aliphatic carbocycles. The van der Waals surface area contributed by atoms with E-state index in [0.29, 0.717) is 0 Å². The van der Waals surface area contributed by atoms with Crippen molar-refractivity contribution in [2.45, 2.75) is 20.3 Å². The molecule has 1 saturated heterocycles. The van der Waals surface area contributed by atoms with Crippen molar-refractivity contribution in [2.75, 3.05) is 31.1 Å². The van der Waals surface area contributed by atoms with Crippen LogP contribution in [0.5, 0.6) is 0 Å². The average Bonchev–Trinajstić information content (AvgIpc) is 2.30. The smallest absolute Gasteiger partial charge is 0.0399 e. The van der Waals surface area contributed by atoms with E-state index in [9.17, 15) is 0 Å². The summed E-state index contributed by atoms with van der Waals surface area (Å²) in [5, 5.41) is 3.39. The first kappa shape index (κ1) is 10.5. The van der Waals surface area contributed by atoms with Crippen LogP contribution in [0.15, 0.2) is 18.2 Å². The maximum atomic E-state index is 3.39. The number of anilines is 1. The second-order valence-electron chi connectivity index (χ2n) is 4.22. The molecular formula is C13H20N2. The third kappa shape index (κ3) is 2.32. The van der Waals surface area contributed by atoms with Gasteiger partial charge in [0.15, 0.2) is 0 Å². The van der Waals surface area contributed by atoms with E-state index in [0.717, 1.165) is 32.6 Å². The number of benzene rings is 1. The zero-order valence-corrected chi connectivity index (χ0v) is 9.71. The summed E-state index contributed by atoms with van der Waals surface area (Å²) in [4.78, 5) is 2.49. The fraction of sp³-hybridized carbons (Fsp3) is 0.538. The third-order valence-electron chi connectivity index (χ3n) is 3.07. The minimum atomic E-state index is 1.11. The lowest BCUT2D eigenvalue weighted by Crippen LogP contribution is -2.43. The summed E-state index contributed by atoms with van der Waals surface area (Å²) in [7, 11) is 0. The SMILES string of the molecule is CCc1cc(C)ccc1N1CCNCC1. The number of hydrogen-bond acceptors (Lipinski definition) is 2.